The first kappa shape index (κ1) is 28.7. The van der Waals surface area contributed by atoms with Gasteiger partial charge >= 0.3 is 6.09 Å². The zero-order valence-corrected chi connectivity index (χ0v) is 19.9. The molecule has 2 heterocycles. The molecule has 3 rings (SSSR count). The molecule has 0 saturated carbocycles. The standard InChI is InChI=1S/C24H32N6O5.CH4/c1-24(2,25)22(32)27-19(16-34-14-17-8-4-3-5-9-17)21-29-28-20-11-6-10-18(30(20)21)15-35-23(33)26-12-7-13-31;/h3-6,8-11,19,31H,7,12-16,25H2,1-2H3,(H,26,33)(H,27,32);1H4/t19-;/m1./s1. The van der Waals surface area contributed by atoms with Gasteiger partial charge in [0.25, 0.3) is 0 Å². The number of benzene rings is 1. The molecule has 5 N–H and O–H groups in total. The average molecular weight is 501 g/mol. The van der Waals surface area contributed by atoms with Gasteiger partial charge in [-0.2, -0.15) is 0 Å². The van der Waals surface area contributed by atoms with Gasteiger partial charge in [0.1, 0.15) is 12.6 Å². The summed E-state index contributed by atoms with van der Waals surface area (Å²) < 4.78 is 12.9. The van der Waals surface area contributed by atoms with Crippen LogP contribution in [0.2, 0.25) is 0 Å². The molecule has 11 nitrogen and oxygen atoms in total. The number of amides is 2. The van der Waals surface area contributed by atoms with Gasteiger partial charge in [-0.05, 0) is 38.0 Å². The molecule has 0 aliphatic heterocycles. The second-order valence-electron chi connectivity index (χ2n) is 8.60. The first-order valence-corrected chi connectivity index (χ1v) is 11.4. The van der Waals surface area contributed by atoms with E-state index in [1.54, 1.807) is 36.4 Å². The van der Waals surface area contributed by atoms with Crippen molar-refractivity contribution in [1.82, 2.24) is 25.2 Å². The van der Waals surface area contributed by atoms with E-state index in [-0.39, 0.29) is 33.2 Å². The normalized spacial score (nSPS) is 12.0. The maximum atomic E-state index is 12.7. The number of aliphatic hydroxyl groups is 1. The van der Waals surface area contributed by atoms with Crippen molar-refractivity contribution in [3.63, 3.8) is 0 Å². The summed E-state index contributed by atoms with van der Waals surface area (Å²) >= 11 is 0. The van der Waals surface area contributed by atoms with E-state index in [1.165, 1.54) is 0 Å². The molecular weight excluding hydrogens is 464 g/mol. The Kier molecular flexibility index (Phi) is 10.8. The number of pyridine rings is 1. The van der Waals surface area contributed by atoms with Gasteiger partial charge in [0.05, 0.1) is 24.4 Å². The van der Waals surface area contributed by atoms with Crippen LogP contribution in [0.25, 0.3) is 5.65 Å². The lowest BCUT2D eigenvalue weighted by Crippen LogP contribution is -2.51. The van der Waals surface area contributed by atoms with Gasteiger partial charge in [-0.15, -0.1) is 10.2 Å². The molecule has 0 fully saturated rings. The Morgan fingerprint density at radius 2 is 1.86 bits per heavy atom. The fourth-order valence-corrected chi connectivity index (χ4v) is 3.22. The SMILES string of the molecule is C.CC(C)(N)C(=O)N[C@H](COCc1ccccc1)c1nnc2cccc(COC(=O)NCCCO)n12. The van der Waals surface area contributed by atoms with Gasteiger partial charge in [0.2, 0.25) is 5.91 Å². The fourth-order valence-electron chi connectivity index (χ4n) is 3.22. The molecule has 0 radical (unpaired) electrons. The zero-order chi connectivity index (χ0) is 25.3. The van der Waals surface area contributed by atoms with Crippen molar-refractivity contribution in [3.8, 4) is 0 Å². The molecular formula is C25H36N6O5. The van der Waals surface area contributed by atoms with Crippen LogP contribution in [0.5, 0.6) is 0 Å². The molecule has 0 aliphatic rings. The minimum Gasteiger partial charge on any atom is -0.443 e. The van der Waals surface area contributed by atoms with Crippen molar-refractivity contribution in [2.24, 2.45) is 5.73 Å². The van der Waals surface area contributed by atoms with Crippen molar-refractivity contribution in [3.05, 3.63) is 65.6 Å². The van der Waals surface area contributed by atoms with Gasteiger partial charge in [-0.25, -0.2) is 4.79 Å². The summed E-state index contributed by atoms with van der Waals surface area (Å²) in [4.78, 5) is 24.7. The predicted molar refractivity (Wildman–Crippen MR) is 135 cm³/mol. The number of aromatic nitrogens is 3. The molecule has 196 valence electrons. The molecule has 0 spiro atoms. The molecule has 0 saturated heterocycles. The van der Waals surface area contributed by atoms with Crippen molar-refractivity contribution in [1.29, 1.82) is 0 Å². The van der Waals surface area contributed by atoms with Crippen LogP contribution in [-0.2, 0) is 27.5 Å². The number of ether oxygens (including phenoxy) is 2. The summed E-state index contributed by atoms with van der Waals surface area (Å²) in [5.41, 5.74) is 7.00. The van der Waals surface area contributed by atoms with E-state index in [2.05, 4.69) is 20.8 Å². The number of nitrogens with one attached hydrogen (secondary N) is 2. The first-order valence-electron chi connectivity index (χ1n) is 11.4. The number of rotatable bonds is 12. The number of alkyl carbamates (subject to hydrolysis) is 1. The quantitative estimate of drug-likeness (QED) is 0.276. The van der Waals surface area contributed by atoms with Crippen molar-refractivity contribution >= 4 is 17.6 Å². The smallest absolute Gasteiger partial charge is 0.407 e. The monoisotopic (exact) mass is 500 g/mol. The number of nitrogens with zero attached hydrogens (tertiary/aromatic N) is 3. The second kappa shape index (κ2) is 13.5. The van der Waals surface area contributed by atoms with Gasteiger partial charge in [0.15, 0.2) is 11.5 Å². The Bertz CT molecular complexity index is 1110. The Morgan fingerprint density at radius 3 is 2.56 bits per heavy atom. The Balaban J connectivity index is 0.00000456. The summed E-state index contributed by atoms with van der Waals surface area (Å²) in [5, 5.41) is 22.8. The first-order chi connectivity index (χ1) is 16.8. The Hall–Kier alpha value is -3.54. The largest absolute Gasteiger partial charge is 0.443 e. The van der Waals surface area contributed by atoms with Crippen LogP contribution in [0.1, 0.15) is 50.8 Å². The lowest BCUT2D eigenvalue weighted by atomic mass is 10.1. The van der Waals surface area contributed by atoms with Gasteiger partial charge in [-0.1, -0.05) is 43.8 Å². The summed E-state index contributed by atoms with van der Waals surface area (Å²) in [6.45, 7) is 3.92. The van der Waals surface area contributed by atoms with E-state index in [9.17, 15) is 9.59 Å². The van der Waals surface area contributed by atoms with Crippen molar-refractivity contribution in [2.45, 2.75) is 52.5 Å². The molecule has 11 heteroatoms. The molecule has 0 aliphatic carbocycles. The maximum Gasteiger partial charge on any atom is 0.407 e. The van der Waals surface area contributed by atoms with E-state index >= 15 is 0 Å². The number of hydrogen-bond donors (Lipinski definition) is 4. The second-order valence-corrected chi connectivity index (χ2v) is 8.60. The summed E-state index contributed by atoms with van der Waals surface area (Å²) in [5.74, 6) is 0.0464. The maximum absolute atomic E-state index is 12.7. The van der Waals surface area contributed by atoms with Gasteiger partial charge in [0, 0.05) is 13.2 Å². The molecule has 3 aromatic rings. The van der Waals surface area contributed by atoms with E-state index in [4.69, 9.17) is 20.3 Å². The van der Waals surface area contributed by atoms with Crippen LogP contribution >= 0.6 is 0 Å². The number of hydrogen-bond acceptors (Lipinski definition) is 8. The highest BCUT2D eigenvalue weighted by Gasteiger charge is 2.28. The zero-order valence-electron chi connectivity index (χ0n) is 19.9. The third kappa shape index (κ3) is 8.01. The molecule has 2 aromatic heterocycles. The fraction of sp³-hybridized carbons (Fsp3) is 0.440. The van der Waals surface area contributed by atoms with Gasteiger partial charge in [-0.3, -0.25) is 9.20 Å². The summed E-state index contributed by atoms with van der Waals surface area (Å²) in [7, 11) is 0. The summed E-state index contributed by atoms with van der Waals surface area (Å²) in [6, 6.07) is 14.3. The van der Waals surface area contributed by atoms with Crippen LogP contribution in [0, 0.1) is 0 Å². The lowest BCUT2D eigenvalue weighted by molar-refractivity contribution is -0.126. The molecule has 1 atom stereocenters. The third-order valence-corrected chi connectivity index (χ3v) is 5.09. The van der Waals surface area contributed by atoms with Crippen LogP contribution in [-0.4, -0.2) is 57.0 Å². The minimum atomic E-state index is -1.11. The predicted octanol–water partition coefficient (Wildman–Crippen LogP) is 2.09. The van der Waals surface area contributed by atoms with Crippen molar-refractivity contribution < 1.29 is 24.2 Å². The number of fused-ring (bicyclic) bond motifs is 1. The summed E-state index contributed by atoms with van der Waals surface area (Å²) in [6.07, 6.45) is -0.173. The van der Waals surface area contributed by atoms with E-state index in [1.807, 2.05) is 30.3 Å². The molecule has 1 aromatic carbocycles. The molecule has 0 unspecified atom stereocenters. The van der Waals surface area contributed by atoms with Crippen LogP contribution in [0.4, 0.5) is 4.79 Å². The van der Waals surface area contributed by atoms with E-state index < -0.39 is 17.7 Å². The van der Waals surface area contributed by atoms with Crippen LogP contribution in [0.3, 0.4) is 0 Å². The Labute approximate surface area is 211 Å². The van der Waals surface area contributed by atoms with Gasteiger partial charge < -0.3 is 30.9 Å². The number of nitrogens with two attached hydrogens (primary N) is 1. The number of carbonyl (C=O) groups excluding carboxylic acids is 2. The lowest BCUT2D eigenvalue weighted by Gasteiger charge is -2.24. The van der Waals surface area contributed by atoms with Crippen molar-refractivity contribution in [2.75, 3.05) is 19.8 Å². The minimum absolute atomic E-state index is 0. The number of aliphatic hydroxyl groups excluding tert-OH is 1. The topological polar surface area (TPSA) is 153 Å². The Morgan fingerprint density at radius 1 is 1.11 bits per heavy atom. The van der Waals surface area contributed by atoms with E-state index in [0.717, 1.165) is 5.56 Å². The van der Waals surface area contributed by atoms with Crippen LogP contribution < -0.4 is 16.4 Å². The van der Waals surface area contributed by atoms with E-state index in [0.29, 0.717) is 36.7 Å². The highest BCUT2D eigenvalue weighted by molar-refractivity contribution is 5.85. The molecule has 0 bridgehead atoms. The highest BCUT2D eigenvalue weighted by atomic mass is 16.5. The molecule has 2 amide bonds. The third-order valence-electron chi connectivity index (χ3n) is 5.09. The van der Waals surface area contributed by atoms with Crippen LogP contribution in [0.15, 0.2) is 48.5 Å². The number of carbonyl (C=O) groups is 2. The highest BCUT2D eigenvalue weighted by Crippen LogP contribution is 2.18. The average Bonchev–Trinajstić information content (AvgIpc) is 3.27. The molecule has 36 heavy (non-hydrogen) atoms.